The van der Waals surface area contributed by atoms with Gasteiger partial charge in [0.25, 0.3) is 0 Å². The van der Waals surface area contributed by atoms with E-state index in [0.29, 0.717) is 0 Å². The Kier molecular flexibility index (Phi) is 4.17. The molecule has 0 atom stereocenters. The van der Waals surface area contributed by atoms with Crippen LogP contribution in [0, 0.1) is 11.6 Å². The van der Waals surface area contributed by atoms with E-state index in [1.807, 2.05) is 0 Å². The van der Waals surface area contributed by atoms with Crippen LogP contribution in [-0.4, -0.2) is 8.42 Å². The minimum Gasteiger partial charge on any atom is -0.399 e. The van der Waals surface area contributed by atoms with Gasteiger partial charge in [-0.15, -0.1) is 0 Å². The van der Waals surface area contributed by atoms with Crippen molar-refractivity contribution in [3.05, 3.63) is 46.4 Å². The highest BCUT2D eigenvalue weighted by molar-refractivity contribution is 9.10. The van der Waals surface area contributed by atoms with E-state index in [-0.39, 0.29) is 26.4 Å². The van der Waals surface area contributed by atoms with Crippen LogP contribution in [0.15, 0.2) is 39.7 Å². The van der Waals surface area contributed by atoms with E-state index in [0.717, 1.165) is 18.2 Å². The predicted octanol–water partition coefficient (Wildman–Crippen LogP) is 2.70. The molecule has 0 heterocycles. The second-order valence-corrected chi connectivity index (χ2v) is 6.56. The fourth-order valence-corrected chi connectivity index (χ4v) is 2.68. The Bertz CT molecular complexity index is 812. The normalized spacial score (nSPS) is 11.4. The minimum atomic E-state index is -4.08. The van der Waals surface area contributed by atoms with Gasteiger partial charge in [-0.2, -0.15) is 0 Å². The first-order valence-electron chi connectivity index (χ1n) is 5.52. The van der Waals surface area contributed by atoms with Crippen molar-refractivity contribution in [2.45, 2.75) is 4.90 Å². The van der Waals surface area contributed by atoms with Gasteiger partial charge in [-0.05, 0) is 40.2 Å². The van der Waals surface area contributed by atoms with Gasteiger partial charge in [0.1, 0.15) is 16.5 Å². The number of anilines is 3. The molecule has 0 amide bonds. The summed E-state index contributed by atoms with van der Waals surface area (Å²) in [5.41, 5.74) is 5.44. The third-order valence-electron chi connectivity index (χ3n) is 2.59. The van der Waals surface area contributed by atoms with E-state index >= 15 is 0 Å². The number of benzene rings is 2. The van der Waals surface area contributed by atoms with Crippen molar-refractivity contribution in [2.75, 3.05) is 11.1 Å². The van der Waals surface area contributed by atoms with Crippen molar-refractivity contribution in [2.24, 2.45) is 5.14 Å². The van der Waals surface area contributed by atoms with E-state index in [1.165, 1.54) is 12.1 Å². The summed E-state index contributed by atoms with van der Waals surface area (Å²) in [6.07, 6.45) is 0. The number of nitrogens with two attached hydrogens (primary N) is 2. The van der Waals surface area contributed by atoms with Crippen LogP contribution < -0.4 is 16.2 Å². The van der Waals surface area contributed by atoms with Gasteiger partial charge in [-0.25, -0.2) is 22.3 Å². The van der Waals surface area contributed by atoms with E-state index in [4.69, 9.17) is 10.9 Å². The molecule has 0 spiro atoms. The first kappa shape index (κ1) is 15.7. The molecule has 0 saturated heterocycles. The Morgan fingerprint density at radius 3 is 2.33 bits per heavy atom. The standard InChI is InChI=1S/C12H10BrF2N3O2S/c13-7-4-9(15)11(5-8(7)14)18-10-2-1-6(16)3-12(10)21(17,19)20/h1-5,18H,16H2,(H2,17,19,20). The van der Waals surface area contributed by atoms with Crippen LogP contribution in [0.1, 0.15) is 0 Å². The summed E-state index contributed by atoms with van der Waals surface area (Å²) in [7, 11) is -4.08. The van der Waals surface area contributed by atoms with Crippen LogP contribution in [0.25, 0.3) is 0 Å². The van der Waals surface area contributed by atoms with Gasteiger partial charge in [-0.1, -0.05) is 0 Å². The number of primary sulfonamides is 1. The zero-order valence-electron chi connectivity index (χ0n) is 10.4. The highest BCUT2D eigenvalue weighted by atomic mass is 79.9. The lowest BCUT2D eigenvalue weighted by Crippen LogP contribution is -2.14. The first-order chi connectivity index (χ1) is 9.68. The largest absolute Gasteiger partial charge is 0.399 e. The molecule has 0 saturated carbocycles. The summed E-state index contributed by atoms with van der Waals surface area (Å²) in [4.78, 5) is -0.315. The van der Waals surface area contributed by atoms with Gasteiger partial charge >= 0.3 is 0 Å². The van der Waals surface area contributed by atoms with Gasteiger partial charge in [0, 0.05) is 11.8 Å². The average Bonchev–Trinajstić information content (AvgIpc) is 2.36. The summed E-state index contributed by atoms with van der Waals surface area (Å²) < 4.78 is 50.2. The van der Waals surface area contributed by atoms with Gasteiger partial charge in [0.15, 0.2) is 0 Å². The molecule has 0 radical (unpaired) electrons. The van der Waals surface area contributed by atoms with Gasteiger partial charge in [0.2, 0.25) is 10.0 Å². The molecule has 0 bridgehead atoms. The van der Waals surface area contributed by atoms with Crippen molar-refractivity contribution in [3.63, 3.8) is 0 Å². The molecule has 2 aromatic rings. The van der Waals surface area contributed by atoms with E-state index in [1.54, 1.807) is 0 Å². The maximum Gasteiger partial charge on any atom is 0.240 e. The zero-order valence-corrected chi connectivity index (χ0v) is 12.8. The molecule has 0 aromatic heterocycles. The molecule has 2 rings (SSSR count). The van der Waals surface area contributed by atoms with Crippen LogP contribution in [0.4, 0.5) is 25.8 Å². The first-order valence-corrected chi connectivity index (χ1v) is 7.86. The van der Waals surface area contributed by atoms with Gasteiger partial charge in [0.05, 0.1) is 15.8 Å². The molecular formula is C12H10BrF2N3O2S. The summed E-state index contributed by atoms with van der Waals surface area (Å²) in [6, 6.07) is 5.66. The number of hydrogen-bond acceptors (Lipinski definition) is 4. The van der Waals surface area contributed by atoms with Crippen LogP contribution in [0.3, 0.4) is 0 Å². The predicted molar refractivity (Wildman–Crippen MR) is 79.6 cm³/mol. The minimum absolute atomic E-state index is 0.00711. The van der Waals surface area contributed by atoms with E-state index in [9.17, 15) is 17.2 Å². The van der Waals surface area contributed by atoms with Crippen molar-refractivity contribution >= 4 is 43.0 Å². The van der Waals surface area contributed by atoms with Crippen molar-refractivity contribution in [3.8, 4) is 0 Å². The summed E-state index contributed by atoms with van der Waals surface area (Å²) in [5.74, 6) is -1.47. The number of halogens is 3. The molecule has 2 aromatic carbocycles. The van der Waals surface area contributed by atoms with Crippen LogP contribution in [0.2, 0.25) is 0 Å². The Morgan fingerprint density at radius 1 is 1.05 bits per heavy atom. The number of sulfonamides is 1. The Morgan fingerprint density at radius 2 is 1.71 bits per heavy atom. The fraction of sp³-hybridized carbons (Fsp3) is 0. The lowest BCUT2D eigenvalue weighted by Gasteiger charge is -2.12. The molecule has 0 fully saturated rings. The third kappa shape index (κ3) is 3.49. The van der Waals surface area contributed by atoms with Crippen LogP contribution in [0.5, 0.6) is 0 Å². The number of nitrogen functional groups attached to an aromatic ring is 1. The second kappa shape index (κ2) is 5.58. The maximum atomic E-state index is 13.8. The van der Waals surface area contributed by atoms with Crippen molar-refractivity contribution < 1.29 is 17.2 Å². The van der Waals surface area contributed by atoms with Crippen LogP contribution >= 0.6 is 15.9 Å². The summed E-state index contributed by atoms with van der Waals surface area (Å²) in [5, 5.41) is 7.57. The molecular weight excluding hydrogens is 368 g/mol. The smallest absolute Gasteiger partial charge is 0.240 e. The van der Waals surface area contributed by atoms with Crippen LogP contribution in [-0.2, 0) is 10.0 Å². The molecule has 112 valence electrons. The highest BCUT2D eigenvalue weighted by Crippen LogP contribution is 2.30. The second-order valence-electron chi connectivity index (χ2n) is 4.17. The number of nitrogens with one attached hydrogen (secondary N) is 1. The van der Waals surface area contributed by atoms with Gasteiger partial charge in [-0.3, -0.25) is 0 Å². The molecule has 0 aliphatic rings. The summed E-state index contributed by atoms with van der Waals surface area (Å²) >= 11 is 2.85. The molecule has 9 heteroatoms. The summed E-state index contributed by atoms with van der Waals surface area (Å²) in [6.45, 7) is 0. The number of rotatable bonds is 3. The fourth-order valence-electron chi connectivity index (χ4n) is 1.64. The van der Waals surface area contributed by atoms with E-state index < -0.39 is 21.7 Å². The van der Waals surface area contributed by atoms with Crippen molar-refractivity contribution in [1.29, 1.82) is 0 Å². The van der Waals surface area contributed by atoms with Gasteiger partial charge < -0.3 is 11.1 Å². The average molecular weight is 378 g/mol. The Labute approximate surface area is 128 Å². The van der Waals surface area contributed by atoms with Crippen molar-refractivity contribution in [1.82, 2.24) is 0 Å². The SMILES string of the molecule is Nc1ccc(Nc2cc(F)c(Br)cc2F)c(S(N)(=O)=O)c1. The topological polar surface area (TPSA) is 98.2 Å². The maximum absolute atomic E-state index is 13.8. The molecule has 5 N–H and O–H groups in total. The molecule has 0 aliphatic heterocycles. The quantitative estimate of drug-likeness (QED) is 0.565. The molecule has 5 nitrogen and oxygen atoms in total. The molecule has 0 unspecified atom stereocenters. The Hall–Kier alpha value is -1.71. The van der Waals surface area contributed by atoms with E-state index in [2.05, 4.69) is 21.2 Å². The lowest BCUT2D eigenvalue weighted by atomic mass is 10.2. The molecule has 0 aliphatic carbocycles. The zero-order chi connectivity index (χ0) is 15.8. The highest BCUT2D eigenvalue weighted by Gasteiger charge is 2.16. The molecule has 21 heavy (non-hydrogen) atoms. The third-order valence-corrected chi connectivity index (χ3v) is 4.15. The monoisotopic (exact) mass is 377 g/mol. The Balaban J connectivity index is 2.53. The lowest BCUT2D eigenvalue weighted by molar-refractivity contribution is 0.596. The number of hydrogen-bond donors (Lipinski definition) is 3.